The molecule has 0 N–H and O–H groups in total. The third-order valence-corrected chi connectivity index (χ3v) is 3.55. The van der Waals surface area contributed by atoms with Gasteiger partial charge in [0.1, 0.15) is 6.29 Å². The number of hydrogen-bond donors (Lipinski definition) is 0. The molecule has 0 saturated carbocycles. The van der Waals surface area contributed by atoms with Gasteiger partial charge in [-0.1, -0.05) is 25.5 Å². The Balaban J connectivity index is 2.52. The summed E-state index contributed by atoms with van der Waals surface area (Å²) in [6.45, 7) is 6.82. The fourth-order valence-corrected chi connectivity index (χ4v) is 2.31. The van der Waals surface area contributed by atoms with Crippen LogP contribution in [0.25, 0.3) is 0 Å². The molecular formula is C13H22O. The van der Waals surface area contributed by atoms with Gasteiger partial charge in [0.2, 0.25) is 0 Å². The van der Waals surface area contributed by atoms with Crippen LogP contribution in [0.2, 0.25) is 0 Å². The van der Waals surface area contributed by atoms with Crippen molar-refractivity contribution >= 4 is 6.29 Å². The lowest BCUT2D eigenvalue weighted by Gasteiger charge is -2.30. The van der Waals surface area contributed by atoms with E-state index in [1.165, 1.54) is 18.4 Å². The Morgan fingerprint density at radius 1 is 1.57 bits per heavy atom. The topological polar surface area (TPSA) is 17.1 Å². The van der Waals surface area contributed by atoms with Gasteiger partial charge in [-0.25, -0.2) is 0 Å². The zero-order chi connectivity index (χ0) is 10.6. The first-order valence-electron chi connectivity index (χ1n) is 5.75. The molecule has 1 aliphatic rings. The highest BCUT2D eigenvalue weighted by atomic mass is 16.1. The normalized spacial score (nSPS) is 27.6. The standard InChI is InChI=1S/C13H22O/c1-10(2)12-7-6-11(3)13(9-12)5-4-8-14/h6,8,10,12-13H,4-5,7,9H2,1-3H3/t12-,13-/m0/s1. The second-order valence-corrected chi connectivity index (χ2v) is 4.86. The van der Waals surface area contributed by atoms with Gasteiger partial charge >= 0.3 is 0 Å². The Morgan fingerprint density at radius 2 is 2.29 bits per heavy atom. The van der Waals surface area contributed by atoms with Crippen LogP contribution in [-0.4, -0.2) is 6.29 Å². The van der Waals surface area contributed by atoms with Crippen molar-refractivity contribution in [2.24, 2.45) is 17.8 Å². The predicted octanol–water partition coefficient (Wildman–Crippen LogP) is 3.59. The van der Waals surface area contributed by atoms with Gasteiger partial charge in [-0.05, 0) is 43.9 Å². The second kappa shape index (κ2) is 5.33. The minimum absolute atomic E-state index is 0.668. The van der Waals surface area contributed by atoms with E-state index in [-0.39, 0.29) is 0 Å². The van der Waals surface area contributed by atoms with E-state index >= 15 is 0 Å². The summed E-state index contributed by atoms with van der Waals surface area (Å²) in [7, 11) is 0. The van der Waals surface area contributed by atoms with Crippen LogP contribution >= 0.6 is 0 Å². The van der Waals surface area contributed by atoms with E-state index in [4.69, 9.17) is 0 Å². The maximum absolute atomic E-state index is 10.4. The fraction of sp³-hybridized carbons (Fsp3) is 0.769. The van der Waals surface area contributed by atoms with Crippen LogP contribution in [0.15, 0.2) is 11.6 Å². The van der Waals surface area contributed by atoms with Crippen LogP contribution in [0.3, 0.4) is 0 Å². The average Bonchev–Trinajstić information content (AvgIpc) is 2.16. The predicted molar refractivity (Wildman–Crippen MR) is 60.1 cm³/mol. The Hall–Kier alpha value is -0.590. The highest BCUT2D eigenvalue weighted by Gasteiger charge is 2.23. The summed E-state index contributed by atoms with van der Waals surface area (Å²) in [6, 6.07) is 0. The molecule has 0 aromatic carbocycles. The number of rotatable bonds is 4. The van der Waals surface area contributed by atoms with Gasteiger partial charge in [0.05, 0.1) is 0 Å². The molecule has 0 aromatic heterocycles. The van der Waals surface area contributed by atoms with Gasteiger partial charge in [0.15, 0.2) is 0 Å². The van der Waals surface area contributed by atoms with Crippen molar-refractivity contribution in [1.29, 1.82) is 0 Å². The minimum atomic E-state index is 0.668. The summed E-state index contributed by atoms with van der Waals surface area (Å²) in [4.78, 5) is 10.4. The molecule has 0 bridgehead atoms. The molecule has 1 aliphatic carbocycles. The summed E-state index contributed by atoms with van der Waals surface area (Å²) >= 11 is 0. The number of allylic oxidation sites excluding steroid dienone is 2. The molecule has 0 saturated heterocycles. The molecule has 0 amide bonds. The van der Waals surface area contributed by atoms with Crippen LogP contribution < -0.4 is 0 Å². The molecule has 0 aliphatic heterocycles. The third-order valence-electron chi connectivity index (χ3n) is 3.55. The summed E-state index contributed by atoms with van der Waals surface area (Å²) in [6.07, 6.45) is 7.72. The first-order valence-corrected chi connectivity index (χ1v) is 5.75. The lowest BCUT2D eigenvalue weighted by molar-refractivity contribution is -0.108. The molecule has 1 rings (SSSR count). The maximum atomic E-state index is 10.4. The van der Waals surface area contributed by atoms with E-state index in [0.29, 0.717) is 5.92 Å². The summed E-state index contributed by atoms with van der Waals surface area (Å²) < 4.78 is 0. The Labute approximate surface area is 87.6 Å². The van der Waals surface area contributed by atoms with Crippen LogP contribution in [0, 0.1) is 17.8 Å². The van der Waals surface area contributed by atoms with Crippen LogP contribution in [0.5, 0.6) is 0 Å². The van der Waals surface area contributed by atoms with Crippen molar-refractivity contribution in [1.82, 2.24) is 0 Å². The molecule has 1 heteroatoms. The average molecular weight is 194 g/mol. The SMILES string of the molecule is CC1=CC[C@H](C(C)C)C[C@@H]1CCC=O. The van der Waals surface area contributed by atoms with Gasteiger partial charge < -0.3 is 4.79 Å². The zero-order valence-electron chi connectivity index (χ0n) is 9.62. The first-order chi connectivity index (χ1) is 6.65. The molecule has 0 radical (unpaired) electrons. The lowest BCUT2D eigenvalue weighted by atomic mass is 9.75. The van der Waals surface area contributed by atoms with Crippen molar-refractivity contribution in [2.45, 2.75) is 46.5 Å². The Kier molecular flexibility index (Phi) is 4.37. The van der Waals surface area contributed by atoms with Crippen molar-refractivity contribution in [3.05, 3.63) is 11.6 Å². The summed E-state index contributed by atoms with van der Waals surface area (Å²) in [5.41, 5.74) is 1.50. The summed E-state index contributed by atoms with van der Waals surface area (Å²) in [5.74, 6) is 2.27. The molecule has 14 heavy (non-hydrogen) atoms. The van der Waals surface area contributed by atoms with E-state index in [0.717, 1.165) is 31.0 Å². The first kappa shape index (κ1) is 11.5. The Morgan fingerprint density at radius 3 is 2.86 bits per heavy atom. The van der Waals surface area contributed by atoms with Crippen LogP contribution in [0.1, 0.15) is 46.5 Å². The van der Waals surface area contributed by atoms with Crippen molar-refractivity contribution < 1.29 is 4.79 Å². The minimum Gasteiger partial charge on any atom is -0.303 e. The number of carbonyl (C=O) groups is 1. The number of carbonyl (C=O) groups excluding carboxylic acids is 1. The largest absolute Gasteiger partial charge is 0.303 e. The van der Waals surface area contributed by atoms with Gasteiger partial charge in [-0.2, -0.15) is 0 Å². The zero-order valence-corrected chi connectivity index (χ0v) is 9.62. The monoisotopic (exact) mass is 194 g/mol. The smallest absolute Gasteiger partial charge is 0.120 e. The molecule has 1 nitrogen and oxygen atoms in total. The van der Waals surface area contributed by atoms with E-state index in [1.807, 2.05) is 0 Å². The maximum Gasteiger partial charge on any atom is 0.120 e. The van der Waals surface area contributed by atoms with Crippen LogP contribution in [0.4, 0.5) is 0 Å². The molecule has 0 heterocycles. The molecule has 0 unspecified atom stereocenters. The van der Waals surface area contributed by atoms with E-state index in [2.05, 4.69) is 26.8 Å². The molecule has 80 valence electrons. The molecule has 0 fully saturated rings. The lowest BCUT2D eigenvalue weighted by Crippen LogP contribution is -2.19. The fourth-order valence-electron chi connectivity index (χ4n) is 2.31. The van der Waals surface area contributed by atoms with E-state index in [1.54, 1.807) is 0 Å². The highest BCUT2D eigenvalue weighted by Crippen LogP contribution is 2.35. The molecule has 2 atom stereocenters. The van der Waals surface area contributed by atoms with Gasteiger partial charge in [-0.15, -0.1) is 0 Å². The quantitative estimate of drug-likeness (QED) is 0.493. The van der Waals surface area contributed by atoms with E-state index in [9.17, 15) is 4.79 Å². The van der Waals surface area contributed by atoms with Gasteiger partial charge in [0.25, 0.3) is 0 Å². The van der Waals surface area contributed by atoms with Crippen molar-refractivity contribution in [3.8, 4) is 0 Å². The van der Waals surface area contributed by atoms with Gasteiger partial charge in [0, 0.05) is 6.42 Å². The molecule has 0 aromatic rings. The van der Waals surface area contributed by atoms with E-state index < -0.39 is 0 Å². The second-order valence-electron chi connectivity index (χ2n) is 4.86. The summed E-state index contributed by atoms with van der Waals surface area (Å²) in [5, 5.41) is 0. The third kappa shape index (κ3) is 2.97. The van der Waals surface area contributed by atoms with Gasteiger partial charge in [-0.3, -0.25) is 0 Å². The highest BCUT2D eigenvalue weighted by molar-refractivity contribution is 5.49. The number of hydrogen-bond acceptors (Lipinski definition) is 1. The van der Waals surface area contributed by atoms with Crippen molar-refractivity contribution in [2.75, 3.05) is 0 Å². The number of aldehydes is 1. The van der Waals surface area contributed by atoms with Crippen molar-refractivity contribution in [3.63, 3.8) is 0 Å². The molecular weight excluding hydrogens is 172 g/mol. The van der Waals surface area contributed by atoms with Crippen LogP contribution in [-0.2, 0) is 4.79 Å². The Bertz CT molecular complexity index is 215. The molecule has 0 spiro atoms.